The van der Waals surface area contributed by atoms with Crippen molar-refractivity contribution in [2.75, 3.05) is 0 Å². The van der Waals surface area contributed by atoms with Gasteiger partial charge in [0.05, 0.1) is 23.5 Å². The molecule has 2 heterocycles. The molecule has 23 heavy (non-hydrogen) atoms. The smallest absolute Gasteiger partial charge is 0.255 e. The molecule has 0 saturated heterocycles. The quantitative estimate of drug-likeness (QED) is 0.801. The highest BCUT2D eigenvalue weighted by atomic mass is 35.5. The Morgan fingerprint density at radius 2 is 2.13 bits per heavy atom. The molecule has 0 saturated carbocycles. The van der Waals surface area contributed by atoms with E-state index >= 15 is 0 Å². The second-order valence-electron chi connectivity index (χ2n) is 5.12. The number of aryl methyl sites for hydroxylation is 1. The Labute approximate surface area is 138 Å². The fourth-order valence-electron chi connectivity index (χ4n) is 2.31. The molecule has 1 amide bonds. The van der Waals surface area contributed by atoms with Gasteiger partial charge in [-0.15, -0.1) is 0 Å². The maximum atomic E-state index is 12.5. The van der Waals surface area contributed by atoms with Gasteiger partial charge in [0.15, 0.2) is 0 Å². The number of carbonyl (C=O) groups excluding carboxylic acids is 1. The van der Waals surface area contributed by atoms with E-state index in [1.54, 1.807) is 30.2 Å². The van der Waals surface area contributed by atoms with E-state index in [0.717, 1.165) is 11.3 Å². The normalized spacial score (nSPS) is 11.9. The van der Waals surface area contributed by atoms with Gasteiger partial charge < -0.3 is 5.32 Å². The average molecular weight is 327 g/mol. The fraction of sp³-hybridized carbons (Fsp3) is 0.118. The largest absolute Gasteiger partial charge is 0.339 e. The molecule has 3 rings (SSSR count). The molecule has 116 valence electrons. The minimum absolute atomic E-state index is 0.214. The summed E-state index contributed by atoms with van der Waals surface area (Å²) >= 11 is 6.09. The number of pyridine rings is 1. The number of nitrogens with zero attached hydrogens (tertiary/aromatic N) is 3. The third kappa shape index (κ3) is 3.57. The van der Waals surface area contributed by atoms with Crippen molar-refractivity contribution < 1.29 is 4.79 Å². The van der Waals surface area contributed by atoms with Gasteiger partial charge in [-0.3, -0.25) is 14.5 Å². The molecule has 5 nitrogen and oxygen atoms in total. The van der Waals surface area contributed by atoms with Crippen LogP contribution in [0, 0.1) is 0 Å². The van der Waals surface area contributed by atoms with Crippen LogP contribution < -0.4 is 5.32 Å². The summed E-state index contributed by atoms with van der Waals surface area (Å²) in [6.07, 6.45) is 4.90. The fourth-order valence-corrected chi connectivity index (χ4v) is 2.51. The molecular formula is C17H15ClN4O. The van der Waals surface area contributed by atoms with Gasteiger partial charge in [0, 0.05) is 24.5 Å². The zero-order valence-corrected chi connectivity index (χ0v) is 13.2. The number of aromatic nitrogens is 3. The first kappa shape index (κ1) is 15.2. The van der Waals surface area contributed by atoms with Crippen molar-refractivity contribution in [1.29, 1.82) is 0 Å². The number of hydrogen-bond acceptors (Lipinski definition) is 3. The topological polar surface area (TPSA) is 59.8 Å². The Morgan fingerprint density at radius 3 is 2.78 bits per heavy atom. The average Bonchev–Trinajstić information content (AvgIpc) is 3.00. The van der Waals surface area contributed by atoms with E-state index in [2.05, 4.69) is 15.4 Å². The molecule has 0 radical (unpaired) electrons. The standard InChI is InChI=1S/C17H15ClN4O/c1-22-11-13(10-20-22)17(23)21-16(15-7-2-3-8-19-15)12-5-4-6-14(18)9-12/h2-11,16H,1H3,(H,21,23)/t16-/m0/s1. The molecule has 1 N–H and O–H groups in total. The molecule has 0 aliphatic heterocycles. The lowest BCUT2D eigenvalue weighted by Crippen LogP contribution is -2.29. The van der Waals surface area contributed by atoms with E-state index in [-0.39, 0.29) is 11.9 Å². The molecular weight excluding hydrogens is 312 g/mol. The van der Waals surface area contributed by atoms with Crippen LogP contribution in [0.5, 0.6) is 0 Å². The maximum Gasteiger partial charge on any atom is 0.255 e. The summed E-state index contributed by atoms with van der Waals surface area (Å²) in [4.78, 5) is 16.8. The Kier molecular flexibility index (Phi) is 4.39. The lowest BCUT2D eigenvalue weighted by molar-refractivity contribution is 0.0942. The van der Waals surface area contributed by atoms with Gasteiger partial charge in [-0.1, -0.05) is 29.8 Å². The number of halogens is 1. The van der Waals surface area contributed by atoms with Gasteiger partial charge in [0.1, 0.15) is 0 Å². The molecule has 2 aromatic heterocycles. The number of hydrogen-bond donors (Lipinski definition) is 1. The minimum atomic E-state index is -0.386. The number of nitrogens with one attached hydrogen (secondary N) is 1. The minimum Gasteiger partial charge on any atom is -0.339 e. The molecule has 0 spiro atoms. The van der Waals surface area contributed by atoms with Gasteiger partial charge in [-0.05, 0) is 29.8 Å². The summed E-state index contributed by atoms with van der Waals surface area (Å²) in [5.74, 6) is -0.214. The maximum absolute atomic E-state index is 12.5. The Morgan fingerprint density at radius 1 is 1.26 bits per heavy atom. The molecule has 6 heteroatoms. The summed E-state index contributed by atoms with van der Waals surface area (Å²) in [6.45, 7) is 0. The predicted octanol–water partition coefficient (Wildman–Crippen LogP) is 2.99. The van der Waals surface area contributed by atoms with Crippen LogP contribution in [0.2, 0.25) is 5.02 Å². The third-order valence-corrected chi connectivity index (χ3v) is 3.64. The van der Waals surface area contributed by atoms with Crippen molar-refractivity contribution >= 4 is 17.5 Å². The zero-order chi connectivity index (χ0) is 16.2. The lowest BCUT2D eigenvalue weighted by Gasteiger charge is -2.18. The lowest BCUT2D eigenvalue weighted by atomic mass is 10.0. The van der Waals surface area contributed by atoms with E-state index in [1.165, 1.54) is 6.20 Å². The van der Waals surface area contributed by atoms with E-state index in [4.69, 9.17) is 11.6 Å². The van der Waals surface area contributed by atoms with Gasteiger partial charge in [0.2, 0.25) is 0 Å². The van der Waals surface area contributed by atoms with E-state index in [1.807, 2.05) is 36.4 Å². The van der Waals surface area contributed by atoms with Gasteiger partial charge in [0.25, 0.3) is 5.91 Å². The van der Waals surface area contributed by atoms with E-state index < -0.39 is 0 Å². The van der Waals surface area contributed by atoms with Gasteiger partial charge in [-0.25, -0.2) is 0 Å². The van der Waals surface area contributed by atoms with Crippen molar-refractivity contribution in [3.63, 3.8) is 0 Å². The van der Waals surface area contributed by atoms with Crippen LogP contribution in [0.1, 0.15) is 27.7 Å². The zero-order valence-electron chi connectivity index (χ0n) is 12.5. The van der Waals surface area contributed by atoms with Crippen LogP contribution in [0.3, 0.4) is 0 Å². The molecule has 0 unspecified atom stereocenters. The van der Waals surface area contributed by atoms with Crippen LogP contribution in [0.4, 0.5) is 0 Å². The van der Waals surface area contributed by atoms with Gasteiger partial charge in [-0.2, -0.15) is 5.10 Å². The molecule has 0 bridgehead atoms. The van der Waals surface area contributed by atoms with E-state index in [9.17, 15) is 4.79 Å². The second kappa shape index (κ2) is 6.62. The number of benzene rings is 1. The highest BCUT2D eigenvalue weighted by Crippen LogP contribution is 2.23. The van der Waals surface area contributed by atoms with Crippen molar-refractivity contribution in [1.82, 2.24) is 20.1 Å². The molecule has 0 aliphatic rings. The SMILES string of the molecule is Cn1cc(C(=O)N[C@@H](c2cccc(Cl)c2)c2ccccn2)cn1. The first-order valence-corrected chi connectivity index (χ1v) is 7.47. The van der Waals surface area contributed by atoms with Crippen LogP contribution in [0.25, 0.3) is 0 Å². The van der Waals surface area contributed by atoms with Crippen molar-refractivity contribution in [3.8, 4) is 0 Å². The number of rotatable bonds is 4. The van der Waals surface area contributed by atoms with Crippen LogP contribution in [-0.2, 0) is 7.05 Å². The molecule has 1 atom stereocenters. The van der Waals surface area contributed by atoms with Gasteiger partial charge >= 0.3 is 0 Å². The van der Waals surface area contributed by atoms with Crippen molar-refractivity contribution in [3.05, 3.63) is 82.9 Å². The highest BCUT2D eigenvalue weighted by molar-refractivity contribution is 6.30. The summed E-state index contributed by atoms with van der Waals surface area (Å²) < 4.78 is 1.59. The Bertz CT molecular complexity index is 816. The monoisotopic (exact) mass is 326 g/mol. The Hall–Kier alpha value is -2.66. The Balaban J connectivity index is 1.94. The van der Waals surface area contributed by atoms with Crippen molar-refractivity contribution in [2.24, 2.45) is 7.05 Å². The van der Waals surface area contributed by atoms with Crippen molar-refractivity contribution in [2.45, 2.75) is 6.04 Å². The van der Waals surface area contributed by atoms with Crippen LogP contribution in [-0.4, -0.2) is 20.7 Å². The highest BCUT2D eigenvalue weighted by Gasteiger charge is 2.19. The summed E-state index contributed by atoms with van der Waals surface area (Å²) in [6, 6.07) is 12.6. The molecule has 1 aromatic carbocycles. The summed E-state index contributed by atoms with van der Waals surface area (Å²) in [5.41, 5.74) is 2.11. The van der Waals surface area contributed by atoms with Crippen LogP contribution >= 0.6 is 11.6 Å². The van der Waals surface area contributed by atoms with Crippen LogP contribution in [0.15, 0.2) is 61.1 Å². The third-order valence-electron chi connectivity index (χ3n) is 3.41. The first-order chi connectivity index (χ1) is 11.1. The molecule has 0 fully saturated rings. The predicted molar refractivity (Wildman–Crippen MR) is 88.2 cm³/mol. The van der Waals surface area contributed by atoms with E-state index in [0.29, 0.717) is 10.6 Å². The number of amides is 1. The molecule has 0 aliphatic carbocycles. The summed E-state index contributed by atoms with van der Waals surface area (Å²) in [7, 11) is 1.77. The number of carbonyl (C=O) groups is 1. The summed E-state index contributed by atoms with van der Waals surface area (Å²) in [5, 5.41) is 7.63. The first-order valence-electron chi connectivity index (χ1n) is 7.09. The second-order valence-corrected chi connectivity index (χ2v) is 5.56. The molecule has 3 aromatic rings.